The van der Waals surface area contributed by atoms with E-state index in [0.717, 1.165) is 47.5 Å². The van der Waals surface area contributed by atoms with Gasteiger partial charge in [-0.2, -0.15) is 0 Å². The number of benzene rings is 1. The molecule has 7 nitrogen and oxygen atoms in total. The number of ether oxygens (including phenoxy) is 1. The summed E-state index contributed by atoms with van der Waals surface area (Å²) in [5.41, 5.74) is 4.30. The largest absolute Gasteiger partial charge is 0.485 e. The van der Waals surface area contributed by atoms with E-state index in [4.69, 9.17) is 10.6 Å². The second-order valence-electron chi connectivity index (χ2n) is 8.60. The number of aliphatic hydroxyl groups is 1. The fourth-order valence-corrected chi connectivity index (χ4v) is 4.67. The Labute approximate surface area is 198 Å². The van der Waals surface area contributed by atoms with Crippen LogP contribution in [0, 0.1) is 11.8 Å². The van der Waals surface area contributed by atoms with Crippen molar-refractivity contribution in [2.75, 3.05) is 18.5 Å². The first-order valence-electron chi connectivity index (χ1n) is 11.0. The number of nitrogens with two attached hydrogens (primary N) is 1. The van der Waals surface area contributed by atoms with Gasteiger partial charge in [-0.3, -0.25) is 0 Å². The number of hydrogen-bond donors (Lipinski definition) is 4. The van der Waals surface area contributed by atoms with E-state index < -0.39 is 5.60 Å². The monoisotopic (exact) mass is 463 g/mol. The molecule has 0 spiro atoms. The minimum atomic E-state index is -1.04. The molecular weight excluding hydrogens is 434 g/mol. The zero-order chi connectivity index (χ0) is 23.3. The summed E-state index contributed by atoms with van der Waals surface area (Å²) in [7, 11) is 0. The van der Waals surface area contributed by atoms with Crippen molar-refractivity contribution in [2.24, 2.45) is 5.84 Å². The number of rotatable bonds is 6. The van der Waals surface area contributed by atoms with E-state index in [9.17, 15) is 5.11 Å². The molecule has 1 fully saturated rings. The molecule has 0 bridgehead atoms. The number of nitrogen functional groups attached to an aromatic ring is 1. The summed E-state index contributed by atoms with van der Waals surface area (Å²) in [5.74, 6) is 13.0. The zero-order valence-electron chi connectivity index (χ0n) is 18.9. The number of anilines is 1. The van der Waals surface area contributed by atoms with Gasteiger partial charge in [0.2, 0.25) is 0 Å². The van der Waals surface area contributed by atoms with Crippen molar-refractivity contribution >= 4 is 17.2 Å². The maximum Gasteiger partial charge on any atom is 0.183 e. The molecule has 8 heteroatoms. The topological polar surface area (TPSA) is 105 Å². The molecule has 0 unspecified atom stereocenters. The number of hydrogen-bond acceptors (Lipinski definition) is 8. The van der Waals surface area contributed by atoms with Crippen LogP contribution < -0.4 is 21.3 Å². The van der Waals surface area contributed by atoms with Gasteiger partial charge >= 0.3 is 0 Å². The van der Waals surface area contributed by atoms with Crippen LogP contribution in [0.25, 0.3) is 10.4 Å². The highest BCUT2D eigenvalue weighted by molar-refractivity contribution is 7.15. The Morgan fingerprint density at radius 2 is 2.06 bits per heavy atom. The van der Waals surface area contributed by atoms with Gasteiger partial charge in [-0.15, -0.1) is 11.3 Å². The van der Waals surface area contributed by atoms with Crippen molar-refractivity contribution < 1.29 is 9.84 Å². The van der Waals surface area contributed by atoms with Gasteiger partial charge in [-0.25, -0.2) is 15.8 Å². The molecule has 0 aliphatic carbocycles. The van der Waals surface area contributed by atoms with E-state index in [1.807, 2.05) is 36.5 Å². The van der Waals surface area contributed by atoms with Gasteiger partial charge in [0, 0.05) is 29.4 Å². The summed E-state index contributed by atoms with van der Waals surface area (Å²) >= 11 is 1.72. The van der Waals surface area contributed by atoms with Crippen LogP contribution in [0.2, 0.25) is 0 Å². The van der Waals surface area contributed by atoms with Crippen LogP contribution >= 0.6 is 11.3 Å². The van der Waals surface area contributed by atoms with E-state index in [-0.39, 0.29) is 0 Å². The molecule has 0 atom stereocenters. The predicted molar refractivity (Wildman–Crippen MR) is 132 cm³/mol. The van der Waals surface area contributed by atoms with Crippen LogP contribution in [-0.2, 0) is 6.61 Å². The number of nitrogens with one attached hydrogen (secondary N) is 2. The van der Waals surface area contributed by atoms with E-state index in [0.29, 0.717) is 24.1 Å². The third kappa shape index (κ3) is 6.30. The van der Waals surface area contributed by atoms with Crippen molar-refractivity contribution in [2.45, 2.75) is 44.8 Å². The Bertz CT molecular complexity index is 1150. The average Bonchev–Trinajstić information content (AvgIpc) is 3.32. The summed E-state index contributed by atoms with van der Waals surface area (Å²) in [6.07, 6.45) is 5.95. The minimum absolute atomic E-state index is 0.334. The number of aromatic nitrogens is 2. The second kappa shape index (κ2) is 10.3. The van der Waals surface area contributed by atoms with Gasteiger partial charge in [0.25, 0.3) is 0 Å². The van der Waals surface area contributed by atoms with Gasteiger partial charge in [-0.05, 0) is 63.5 Å². The molecule has 33 heavy (non-hydrogen) atoms. The van der Waals surface area contributed by atoms with Crippen molar-refractivity contribution in [1.29, 1.82) is 0 Å². The number of hydrazine groups is 1. The average molecular weight is 464 g/mol. The molecule has 4 rings (SSSR count). The molecule has 0 radical (unpaired) electrons. The van der Waals surface area contributed by atoms with Crippen LogP contribution in [-0.4, -0.2) is 33.8 Å². The Morgan fingerprint density at radius 1 is 1.24 bits per heavy atom. The third-order valence-corrected chi connectivity index (χ3v) is 6.53. The third-order valence-electron chi connectivity index (χ3n) is 5.32. The molecule has 5 N–H and O–H groups in total. The van der Waals surface area contributed by atoms with E-state index in [1.54, 1.807) is 31.4 Å². The normalized spacial score (nSPS) is 14.4. The summed E-state index contributed by atoms with van der Waals surface area (Å²) in [6.45, 7) is 5.74. The first-order chi connectivity index (χ1) is 15.9. The van der Waals surface area contributed by atoms with Gasteiger partial charge in [0.1, 0.15) is 12.2 Å². The molecule has 0 saturated carbocycles. The lowest BCUT2D eigenvalue weighted by Gasteiger charge is -2.20. The Hall–Kier alpha value is -2.96. The number of nitrogens with zero attached hydrogens (tertiary/aromatic N) is 2. The lowest BCUT2D eigenvalue weighted by Crippen LogP contribution is -2.26. The first-order valence-corrected chi connectivity index (χ1v) is 11.8. The lowest BCUT2D eigenvalue weighted by molar-refractivity contribution is 0.143. The number of thiazole rings is 1. The first kappa shape index (κ1) is 23.2. The lowest BCUT2D eigenvalue weighted by atomic mass is 9.99. The Kier molecular flexibility index (Phi) is 7.26. The highest BCUT2D eigenvalue weighted by atomic mass is 32.1. The molecule has 1 aliphatic rings. The molecule has 172 valence electrons. The SMILES string of the molecule is CC(C)(O)C#Cc1cccc(COc2cc(-c3cnc(C4CCNCC4)s3)cnc2NN)c1. The van der Waals surface area contributed by atoms with Crippen molar-refractivity contribution in [1.82, 2.24) is 15.3 Å². The summed E-state index contributed by atoms with van der Waals surface area (Å²) in [6, 6.07) is 9.68. The van der Waals surface area contributed by atoms with E-state index in [1.165, 1.54) is 5.01 Å². The van der Waals surface area contributed by atoms with Crippen LogP contribution in [0.15, 0.2) is 42.7 Å². The highest BCUT2D eigenvalue weighted by Crippen LogP contribution is 2.36. The minimum Gasteiger partial charge on any atom is -0.485 e. The van der Waals surface area contributed by atoms with Crippen molar-refractivity contribution in [3.8, 4) is 28.0 Å². The summed E-state index contributed by atoms with van der Waals surface area (Å²) in [4.78, 5) is 10.2. The summed E-state index contributed by atoms with van der Waals surface area (Å²) in [5, 5.41) is 14.4. The number of pyridine rings is 1. The molecule has 0 amide bonds. The molecule has 3 heterocycles. The molecule has 2 aromatic heterocycles. The molecule has 1 aromatic carbocycles. The fourth-order valence-electron chi connectivity index (χ4n) is 3.60. The summed E-state index contributed by atoms with van der Waals surface area (Å²) < 4.78 is 6.07. The maximum absolute atomic E-state index is 9.82. The number of piperidine rings is 1. The molecule has 3 aromatic rings. The smallest absolute Gasteiger partial charge is 0.183 e. The van der Waals surface area contributed by atoms with Gasteiger partial charge < -0.3 is 20.6 Å². The van der Waals surface area contributed by atoms with Gasteiger partial charge in [-0.1, -0.05) is 24.0 Å². The molecular formula is C25H29N5O2S. The van der Waals surface area contributed by atoms with Crippen molar-refractivity contribution in [3.63, 3.8) is 0 Å². The van der Waals surface area contributed by atoms with Gasteiger partial charge in [0.05, 0.1) is 9.88 Å². The van der Waals surface area contributed by atoms with Crippen molar-refractivity contribution in [3.05, 3.63) is 58.9 Å². The standard InChI is InChI=1S/C25H29N5O2S/c1-25(2,31)9-6-17-4-3-5-18(12-17)16-32-21-13-20(14-28-23(21)30-26)22-15-29-24(33-22)19-7-10-27-11-8-19/h3-5,12-15,19,27,31H,7-8,10-11,16,26H2,1-2H3,(H,28,30). The molecule has 1 aliphatic heterocycles. The second-order valence-corrected chi connectivity index (χ2v) is 9.66. The van der Waals surface area contributed by atoms with Crippen LogP contribution in [0.1, 0.15) is 48.7 Å². The van der Waals surface area contributed by atoms with Crippen LogP contribution in [0.4, 0.5) is 5.82 Å². The fraction of sp³-hybridized carbons (Fsp3) is 0.360. The van der Waals surface area contributed by atoms with Crippen LogP contribution in [0.3, 0.4) is 0 Å². The Morgan fingerprint density at radius 3 is 2.82 bits per heavy atom. The maximum atomic E-state index is 9.82. The van der Waals surface area contributed by atoms with E-state index in [2.05, 4.69) is 32.6 Å². The van der Waals surface area contributed by atoms with Gasteiger partial charge in [0.15, 0.2) is 11.6 Å². The highest BCUT2D eigenvalue weighted by Gasteiger charge is 2.19. The zero-order valence-corrected chi connectivity index (χ0v) is 19.7. The Balaban J connectivity index is 1.50. The van der Waals surface area contributed by atoms with E-state index >= 15 is 0 Å². The predicted octanol–water partition coefficient (Wildman–Crippen LogP) is 3.66. The van der Waals surface area contributed by atoms with Crippen LogP contribution in [0.5, 0.6) is 5.75 Å². The quantitative estimate of drug-likeness (QED) is 0.251. The molecule has 1 saturated heterocycles.